The Morgan fingerprint density at radius 1 is 1.17 bits per heavy atom. The highest BCUT2D eigenvalue weighted by atomic mass is 35.5. The van der Waals surface area contributed by atoms with E-state index in [0.29, 0.717) is 22.2 Å². The minimum absolute atomic E-state index is 0.533. The number of hydrogen-bond acceptors (Lipinski definition) is 1. The summed E-state index contributed by atoms with van der Waals surface area (Å²) in [5.74, 6) is 0.533. The Morgan fingerprint density at radius 2 is 1.92 bits per heavy atom. The van der Waals surface area contributed by atoms with Crippen molar-refractivity contribution in [2.24, 2.45) is 7.05 Å². The zero-order chi connectivity index (χ0) is 17.4. The summed E-state index contributed by atoms with van der Waals surface area (Å²) in [6.45, 7) is 5.99. The molecule has 0 N–H and O–H groups in total. The van der Waals surface area contributed by atoms with Gasteiger partial charge in [0.05, 0.1) is 12.1 Å². The van der Waals surface area contributed by atoms with Crippen molar-refractivity contribution in [2.45, 2.75) is 13.3 Å². The number of aromatic nitrogens is 1. The lowest BCUT2D eigenvalue weighted by atomic mass is 10.0. The van der Waals surface area contributed by atoms with Crippen LogP contribution in [0.1, 0.15) is 22.4 Å². The second-order valence-electron chi connectivity index (χ2n) is 5.95. The van der Waals surface area contributed by atoms with Crippen molar-refractivity contribution in [1.29, 1.82) is 0 Å². The SMILES string of the molecule is C=C(OC)c1ccc(Cl)c(Cc2cc3ccc(C)cc3n2C)c1Cl. The zero-order valence-electron chi connectivity index (χ0n) is 14.0. The Balaban J connectivity index is 2.09. The minimum atomic E-state index is 0.533. The first-order valence-corrected chi connectivity index (χ1v) is 8.43. The summed E-state index contributed by atoms with van der Waals surface area (Å²) in [4.78, 5) is 0. The van der Waals surface area contributed by atoms with Crippen LogP contribution in [0.5, 0.6) is 0 Å². The monoisotopic (exact) mass is 359 g/mol. The Hall–Kier alpha value is -1.90. The zero-order valence-corrected chi connectivity index (χ0v) is 15.5. The molecule has 0 bridgehead atoms. The van der Waals surface area contributed by atoms with E-state index in [0.717, 1.165) is 16.8 Å². The van der Waals surface area contributed by atoms with E-state index in [1.807, 2.05) is 12.1 Å². The van der Waals surface area contributed by atoms with Crippen LogP contribution in [0.3, 0.4) is 0 Å². The van der Waals surface area contributed by atoms with Gasteiger partial charge >= 0.3 is 0 Å². The summed E-state index contributed by atoms with van der Waals surface area (Å²) in [6, 6.07) is 12.3. The van der Waals surface area contributed by atoms with Gasteiger partial charge in [0, 0.05) is 35.3 Å². The predicted octanol–water partition coefficient (Wildman–Crippen LogP) is 6.00. The van der Waals surface area contributed by atoms with Crippen molar-refractivity contribution in [1.82, 2.24) is 4.57 Å². The van der Waals surface area contributed by atoms with Gasteiger partial charge in [-0.2, -0.15) is 0 Å². The second kappa shape index (κ2) is 6.54. The average molecular weight is 360 g/mol. The fourth-order valence-corrected chi connectivity index (χ4v) is 3.54. The van der Waals surface area contributed by atoms with Gasteiger partial charge in [-0.05, 0) is 47.7 Å². The molecular weight excluding hydrogens is 341 g/mol. The van der Waals surface area contributed by atoms with Crippen molar-refractivity contribution < 1.29 is 4.74 Å². The molecule has 4 heteroatoms. The van der Waals surface area contributed by atoms with E-state index in [9.17, 15) is 0 Å². The van der Waals surface area contributed by atoms with Gasteiger partial charge in [-0.1, -0.05) is 41.9 Å². The van der Waals surface area contributed by atoms with Gasteiger partial charge in [0.1, 0.15) is 5.76 Å². The van der Waals surface area contributed by atoms with Crippen LogP contribution in [0, 0.1) is 6.92 Å². The molecule has 24 heavy (non-hydrogen) atoms. The second-order valence-corrected chi connectivity index (χ2v) is 6.73. The number of aryl methyl sites for hydroxylation is 2. The van der Waals surface area contributed by atoms with Gasteiger partial charge in [-0.3, -0.25) is 0 Å². The summed E-state index contributed by atoms with van der Waals surface area (Å²) in [7, 11) is 3.65. The number of hydrogen-bond donors (Lipinski definition) is 0. The third kappa shape index (κ3) is 2.92. The van der Waals surface area contributed by atoms with Gasteiger partial charge in [-0.25, -0.2) is 0 Å². The normalized spacial score (nSPS) is 11.0. The molecule has 2 nitrogen and oxygen atoms in total. The topological polar surface area (TPSA) is 14.2 Å². The number of nitrogens with zero attached hydrogens (tertiary/aromatic N) is 1. The van der Waals surface area contributed by atoms with Gasteiger partial charge in [0.25, 0.3) is 0 Å². The van der Waals surface area contributed by atoms with Crippen LogP contribution >= 0.6 is 23.2 Å². The third-order valence-corrected chi connectivity index (χ3v) is 5.18. The summed E-state index contributed by atoms with van der Waals surface area (Å²) in [5, 5.41) is 2.45. The number of fused-ring (bicyclic) bond motifs is 1. The van der Waals surface area contributed by atoms with E-state index in [-0.39, 0.29) is 0 Å². The van der Waals surface area contributed by atoms with E-state index in [1.54, 1.807) is 7.11 Å². The largest absolute Gasteiger partial charge is 0.497 e. The molecular formula is C20H19Cl2NO. The molecule has 3 rings (SSSR count). The smallest absolute Gasteiger partial charge is 0.120 e. The van der Waals surface area contributed by atoms with Crippen molar-refractivity contribution in [3.63, 3.8) is 0 Å². The van der Waals surface area contributed by atoms with Crippen molar-refractivity contribution >= 4 is 39.9 Å². The average Bonchev–Trinajstić information content (AvgIpc) is 2.86. The minimum Gasteiger partial charge on any atom is -0.497 e. The highest BCUT2D eigenvalue weighted by molar-refractivity contribution is 6.37. The van der Waals surface area contributed by atoms with E-state index < -0.39 is 0 Å². The van der Waals surface area contributed by atoms with Gasteiger partial charge in [0.2, 0.25) is 0 Å². The number of halogens is 2. The summed E-state index contributed by atoms with van der Waals surface area (Å²) >= 11 is 13.0. The number of benzene rings is 2. The van der Waals surface area contributed by atoms with E-state index >= 15 is 0 Å². The van der Waals surface area contributed by atoms with Crippen LogP contribution in [0.25, 0.3) is 16.7 Å². The summed E-state index contributed by atoms with van der Waals surface area (Å²) < 4.78 is 7.41. The summed E-state index contributed by atoms with van der Waals surface area (Å²) in [6.07, 6.45) is 0.646. The maximum Gasteiger partial charge on any atom is 0.120 e. The Kier molecular flexibility index (Phi) is 4.62. The molecule has 1 aromatic heterocycles. The standard InChI is InChI=1S/C20H19Cl2NO/c1-12-5-6-14-10-15(23(3)19(14)9-12)11-17-18(21)8-7-16(20(17)22)13(2)24-4/h5-10H,2,11H2,1,3-4H3. The van der Waals surface area contributed by atoms with Crippen LogP contribution in [0.15, 0.2) is 43.0 Å². The van der Waals surface area contributed by atoms with Crippen molar-refractivity contribution in [3.8, 4) is 0 Å². The number of methoxy groups -OCH3 is 1. The molecule has 0 saturated heterocycles. The molecule has 0 amide bonds. The van der Waals surface area contributed by atoms with Crippen molar-refractivity contribution in [2.75, 3.05) is 7.11 Å². The molecule has 0 fully saturated rings. The van der Waals surface area contributed by atoms with Gasteiger partial charge in [0.15, 0.2) is 0 Å². The molecule has 0 aliphatic rings. The van der Waals surface area contributed by atoms with Crippen LogP contribution in [-0.4, -0.2) is 11.7 Å². The first-order chi connectivity index (χ1) is 11.4. The van der Waals surface area contributed by atoms with E-state index in [2.05, 4.69) is 49.4 Å². The van der Waals surface area contributed by atoms with E-state index in [1.165, 1.54) is 16.5 Å². The highest BCUT2D eigenvalue weighted by Gasteiger charge is 2.16. The Morgan fingerprint density at radius 3 is 2.62 bits per heavy atom. The predicted molar refractivity (Wildman–Crippen MR) is 103 cm³/mol. The molecule has 0 unspecified atom stereocenters. The van der Waals surface area contributed by atoms with Crippen LogP contribution in [0.4, 0.5) is 0 Å². The van der Waals surface area contributed by atoms with Crippen molar-refractivity contribution in [3.05, 3.63) is 75.4 Å². The molecule has 0 aliphatic heterocycles. The van der Waals surface area contributed by atoms with E-state index in [4.69, 9.17) is 27.9 Å². The molecule has 0 saturated carbocycles. The van der Waals surface area contributed by atoms with Crippen LogP contribution in [-0.2, 0) is 18.2 Å². The lowest BCUT2D eigenvalue weighted by Gasteiger charge is -2.13. The maximum absolute atomic E-state index is 6.58. The third-order valence-electron chi connectivity index (χ3n) is 4.39. The quantitative estimate of drug-likeness (QED) is 0.521. The molecule has 124 valence electrons. The van der Waals surface area contributed by atoms with Gasteiger partial charge in [-0.15, -0.1) is 0 Å². The maximum atomic E-state index is 6.58. The molecule has 2 aromatic carbocycles. The lowest BCUT2D eigenvalue weighted by Crippen LogP contribution is -2.00. The van der Waals surface area contributed by atoms with Gasteiger partial charge < -0.3 is 9.30 Å². The number of rotatable bonds is 4. The van der Waals surface area contributed by atoms with Crippen LogP contribution < -0.4 is 0 Å². The Labute approximate surface area is 152 Å². The number of ether oxygens (including phenoxy) is 1. The molecule has 3 aromatic rings. The first-order valence-electron chi connectivity index (χ1n) is 7.67. The molecule has 1 heterocycles. The molecule has 0 radical (unpaired) electrons. The summed E-state index contributed by atoms with van der Waals surface area (Å²) in [5.41, 5.74) is 5.25. The first kappa shape index (κ1) is 16.9. The molecule has 0 spiro atoms. The molecule has 0 aliphatic carbocycles. The fraction of sp³-hybridized carbons (Fsp3) is 0.200. The van der Waals surface area contributed by atoms with Crippen LogP contribution in [0.2, 0.25) is 10.0 Å². The Bertz CT molecular complexity index is 940. The lowest BCUT2D eigenvalue weighted by molar-refractivity contribution is 0.371. The highest BCUT2D eigenvalue weighted by Crippen LogP contribution is 2.34. The molecule has 0 atom stereocenters. The fourth-order valence-electron chi connectivity index (χ4n) is 2.93.